The second-order valence-corrected chi connectivity index (χ2v) is 12.5. The van der Waals surface area contributed by atoms with E-state index in [4.69, 9.17) is 0 Å². The van der Waals surface area contributed by atoms with Crippen molar-refractivity contribution in [2.75, 3.05) is 13.1 Å². The maximum atomic E-state index is 11.9. The van der Waals surface area contributed by atoms with E-state index in [1.54, 1.807) is 27.7 Å². The lowest BCUT2D eigenvalue weighted by molar-refractivity contribution is 0.571. The molecular formula is C22H32N2O4S2. The van der Waals surface area contributed by atoms with Gasteiger partial charge in [-0.15, -0.1) is 0 Å². The molecule has 2 N–H and O–H groups in total. The van der Waals surface area contributed by atoms with Crippen LogP contribution in [0.1, 0.15) is 38.8 Å². The fourth-order valence-electron chi connectivity index (χ4n) is 2.78. The van der Waals surface area contributed by atoms with E-state index in [1.807, 2.05) is 42.5 Å². The highest BCUT2D eigenvalue weighted by Crippen LogP contribution is 2.21. The Kier molecular flexibility index (Phi) is 8.61. The zero-order valence-corrected chi connectivity index (χ0v) is 19.7. The third kappa shape index (κ3) is 7.19. The summed E-state index contributed by atoms with van der Waals surface area (Å²) in [6.07, 6.45) is 1.25. The van der Waals surface area contributed by atoms with Gasteiger partial charge in [-0.05, 0) is 62.8 Å². The van der Waals surface area contributed by atoms with Gasteiger partial charge in [-0.2, -0.15) is 0 Å². The molecule has 0 heterocycles. The molecule has 0 amide bonds. The van der Waals surface area contributed by atoms with Crippen LogP contribution in [0.15, 0.2) is 48.5 Å². The number of sulfonamides is 2. The summed E-state index contributed by atoms with van der Waals surface area (Å²) in [5.41, 5.74) is 4.24. The van der Waals surface area contributed by atoms with Crippen LogP contribution in [0.2, 0.25) is 0 Å². The predicted molar refractivity (Wildman–Crippen MR) is 123 cm³/mol. The predicted octanol–water partition coefficient (Wildman–Crippen LogP) is 3.09. The van der Waals surface area contributed by atoms with Crippen LogP contribution in [-0.4, -0.2) is 40.4 Å². The Hall–Kier alpha value is -1.74. The molecule has 0 aliphatic heterocycles. The van der Waals surface area contributed by atoms with E-state index < -0.39 is 30.5 Å². The molecular weight excluding hydrogens is 420 g/mol. The highest BCUT2D eigenvalue weighted by Gasteiger charge is 2.15. The van der Waals surface area contributed by atoms with Crippen molar-refractivity contribution in [3.63, 3.8) is 0 Å². The minimum absolute atomic E-state index is 0.370. The van der Waals surface area contributed by atoms with Crippen molar-refractivity contribution in [1.29, 1.82) is 0 Å². The molecule has 0 atom stereocenters. The summed E-state index contributed by atoms with van der Waals surface area (Å²) < 4.78 is 52.6. The molecule has 2 aromatic rings. The number of hydrogen-bond acceptors (Lipinski definition) is 4. The van der Waals surface area contributed by atoms with Gasteiger partial charge >= 0.3 is 0 Å². The van der Waals surface area contributed by atoms with Gasteiger partial charge in [-0.1, -0.05) is 48.5 Å². The van der Waals surface area contributed by atoms with Crippen LogP contribution < -0.4 is 9.44 Å². The molecule has 8 heteroatoms. The summed E-state index contributed by atoms with van der Waals surface area (Å²) in [5, 5.41) is -0.879. The van der Waals surface area contributed by atoms with Crippen LogP contribution in [-0.2, 0) is 32.9 Å². The molecule has 166 valence electrons. The van der Waals surface area contributed by atoms with Gasteiger partial charge < -0.3 is 0 Å². The molecule has 0 unspecified atom stereocenters. The third-order valence-corrected chi connectivity index (χ3v) is 8.58. The minimum Gasteiger partial charge on any atom is -0.215 e. The summed E-state index contributed by atoms with van der Waals surface area (Å²) in [6, 6.07) is 16.1. The second-order valence-electron chi connectivity index (χ2n) is 7.87. The van der Waals surface area contributed by atoms with Crippen LogP contribution in [0.4, 0.5) is 0 Å². The van der Waals surface area contributed by atoms with Gasteiger partial charge in [0.1, 0.15) is 0 Å². The van der Waals surface area contributed by atoms with Crippen molar-refractivity contribution in [1.82, 2.24) is 9.44 Å². The zero-order valence-electron chi connectivity index (χ0n) is 18.1. The standard InChI is InChI=1S/C22H32N2O4S2/c1-17(2)29(25,26)23-14-12-19-8-10-21(11-9-19)22-7-5-6-20(16-22)13-15-24-30(27,28)18(3)4/h5-11,16-18,23-24H,12-15H2,1-4H3. The molecule has 0 saturated heterocycles. The van der Waals surface area contributed by atoms with Crippen LogP contribution in [0.5, 0.6) is 0 Å². The first-order valence-corrected chi connectivity index (χ1v) is 13.3. The highest BCUT2D eigenvalue weighted by molar-refractivity contribution is 7.90. The summed E-state index contributed by atoms with van der Waals surface area (Å²) in [4.78, 5) is 0. The second kappa shape index (κ2) is 10.5. The quantitative estimate of drug-likeness (QED) is 0.548. The van der Waals surface area contributed by atoms with Gasteiger partial charge in [0.15, 0.2) is 0 Å². The van der Waals surface area contributed by atoms with E-state index in [9.17, 15) is 16.8 Å². The van der Waals surface area contributed by atoms with Crippen LogP contribution in [0, 0.1) is 0 Å². The molecule has 6 nitrogen and oxygen atoms in total. The van der Waals surface area contributed by atoms with Crippen LogP contribution in [0.25, 0.3) is 11.1 Å². The molecule has 0 spiro atoms. The lowest BCUT2D eigenvalue weighted by Gasteiger charge is -2.11. The van der Waals surface area contributed by atoms with Crippen molar-refractivity contribution < 1.29 is 16.8 Å². The summed E-state index contributed by atoms with van der Waals surface area (Å²) >= 11 is 0. The third-order valence-electron chi connectivity index (χ3n) is 4.89. The van der Waals surface area contributed by atoms with Gasteiger partial charge in [0.05, 0.1) is 10.5 Å². The maximum Gasteiger partial charge on any atom is 0.213 e. The lowest BCUT2D eigenvalue weighted by atomic mass is 10.00. The molecule has 30 heavy (non-hydrogen) atoms. The van der Waals surface area contributed by atoms with Crippen molar-refractivity contribution in [2.24, 2.45) is 0 Å². The van der Waals surface area contributed by atoms with Crippen molar-refractivity contribution in [3.05, 3.63) is 59.7 Å². The van der Waals surface area contributed by atoms with E-state index in [2.05, 4.69) is 15.5 Å². The molecule has 2 rings (SSSR count). The van der Waals surface area contributed by atoms with Gasteiger partial charge in [-0.25, -0.2) is 26.3 Å². The normalized spacial score (nSPS) is 12.6. The zero-order chi connectivity index (χ0) is 22.4. The Labute approximate surface area is 181 Å². The largest absolute Gasteiger partial charge is 0.215 e. The Balaban J connectivity index is 1.96. The van der Waals surface area contributed by atoms with Gasteiger partial charge in [-0.3, -0.25) is 0 Å². The van der Waals surface area contributed by atoms with E-state index in [0.717, 1.165) is 22.3 Å². The summed E-state index contributed by atoms with van der Waals surface area (Å²) in [7, 11) is -6.49. The maximum absolute atomic E-state index is 11.9. The Morgan fingerprint density at radius 2 is 1.17 bits per heavy atom. The van der Waals surface area contributed by atoms with E-state index in [-0.39, 0.29) is 0 Å². The molecule has 0 aliphatic rings. The SMILES string of the molecule is CC(C)S(=O)(=O)NCCc1ccc(-c2cccc(CCNS(=O)(=O)C(C)C)c2)cc1. The first-order chi connectivity index (χ1) is 14.0. The van der Waals surface area contributed by atoms with Crippen molar-refractivity contribution in [2.45, 2.75) is 51.0 Å². The number of hydrogen-bond donors (Lipinski definition) is 2. The van der Waals surface area contributed by atoms with Gasteiger partial charge in [0.25, 0.3) is 0 Å². The lowest BCUT2D eigenvalue weighted by Crippen LogP contribution is -2.32. The number of rotatable bonds is 11. The van der Waals surface area contributed by atoms with Gasteiger partial charge in [0.2, 0.25) is 20.0 Å². The molecule has 2 aromatic carbocycles. The molecule has 0 aliphatic carbocycles. The Bertz CT molecular complexity index is 1030. The summed E-state index contributed by atoms with van der Waals surface area (Å²) in [6.45, 7) is 7.38. The van der Waals surface area contributed by atoms with E-state index in [0.29, 0.717) is 25.9 Å². The van der Waals surface area contributed by atoms with Crippen LogP contribution in [0.3, 0.4) is 0 Å². The molecule has 0 fully saturated rings. The summed E-state index contributed by atoms with van der Waals surface area (Å²) in [5.74, 6) is 0. The molecule has 0 saturated carbocycles. The topological polar surface area (TPSA) is 92.3 Å². The Morgan fingerprint density at radius 3 is 1.67 bits per heavy atom. The van der Waals surface area contributed by atoms with Crippen molar-refractivity contribution >= 4 is 20.0 Å². The number of benzene rings is 2. The monoisotopic (exact) mass is 452 g/mol. The smallest absolute Gasteiger partial charge is 0.213 e. The average molecular weight is 453 g/mol. The first-order valence-electron chi connectivity index (χ1n) is 10.2. The van der Waals surface area contributed by atoms with Crippen LogP contribution >= 0.6 is 0 Å². The fourth-order valence-corrected chi connectivity index (χ4v) is 4.22. The van der Waals surface area contributed by atoms with Gasteiger partial charge in [0, 0.05) is 13.1 Å². The first kappa shape index (κ1) is 24.5. The minimum atomic E-state index is -3.25. The molecule has 0 bridgehead atoms. The van der Waals surface area contributed by atoms with E-state index >= 15 is 0 Å². The van der Waals surface area contributed by atoms with Crippen molar-refractivity contribution in [3.8, 4) is 11.1 Å². The molecule has 0 radical (unpaired) electrons. The highest BCUT2D eigenvalue weighted by atomic mass is 32.2. The van der Waals surface area contributed by atoms with E-state index in [1.165, 1.54) is 0 Å². The average Bonchev–Trinajstić information content (AvgIpc) is 2.68. The Morgan fingerprint density at radius 1 is 0.667 bits per heavy atom. The molecule has 0 aromatic heterocycles. The number of nitrogens with one attached hydrogen (secondary N) is 2. The fraction of sp³-hybridized carbons (Fsp3) is 0.455.